The number of ketones is 3. The number of fused-ring (bicyclic) bond motifs is 5. The van der Waals surface area contributed by atoms with Crippen LogP contribution in [-0.2, 0) is 33.3 Å². The molecule has 9 nitrogen and oxygen atoms in total. The molecule has 0 radical (unpaired) electrons. The molecule has 0 bridgehead atoms. The number of carbonyl (C=O) groups is 5. The Hall–Kier alpha value is -2.71. The molecule has 0 spiro atoms. The predicted octanol–water partition coefficient (Wildman–Crippen LogP) is 6.30. The number of hydrogen-bond donors (Lipinski definition) is 0. The van der Waals surface area contributed by atoms with E-state index in [9.17, 15) is 24.0 Å². The summed E-state index contributed by atoms with van der Waals surface area (Å²) < 4.78 is 21.5. The van der Waals surface area contributed by atoms with E-state index in [-0.39, 0.29) is 60.8 Å². The second-order valence-corrected chi connectivity index (χ2v) is 12.8. The largest absolute Gasteiger partial charge is 0.509 e. The van der Waals surface area contributed by atoms with Crippen molar-refractivity contribution in [3.8, 4) is 0 Å². The number of carbonyl (C=O) groups excluding carboxylic acids is 5. The first-order valence-corrected chi connectivity index (χ1v) is 15.5. The molecule has 0 heterocycles. The van der Waals surface area contributed by atoms with E-state index >= 15 is 0 Å². The van der Waals surface area contributed by atoms with Crippen molar-refractivity contribution >= 4 is 29.7 Å². The maximum Gasteiger partial charge on any atom is 0.509 e. The van der Waals surface area contributed by atoms with Gasteiger partial charge in [-0.2, -0.15) is 0 Å². The van der Waals surface area contributed by atoms with E-state index in [1.165, 1.54) is 0 Å². The lowest BCUT2D eigenvalue weighted by atomic mass is 9.46. The van der Waals surface area contributed by atoms with Gasteiger partial charge in [0.2, 0.25) is 5.78 Å². The average Bonchev–Trinajstić information content (AvgIpc) is 3.22. The number of hydrogen-bond acceptors (Lipinski definition) is 9. The van der Waals surface area contributed by atoms with Gasteiger partial charge >= 0.3 is 12.3 Å². The van der Waals surface area contributed by atoms with Gasteiger partial charge in [-0.25, -0.2) is 9.59 Å². The molecule has 0 amide bonds. The SMILES string of the molecule is CCCCCOC(=O)O[C@]1(C(=O)COC(=O)OCCCC)CC[C@H]2[C@@H]3CCC4=CC(=O)CC[C@]4(C)[C@H]3C(=O)C[C@@]21C. The fourth-order valence-corrected chi connectivity index (χ4v) is 8.32. The van der Waals surface area contributed by atoms with E-state index in [0.717, 1.165) is 37.7 Å². The van der Waals surface area contributed by atoms with Crippen LogP contribution in [0, 0.1) is 28.6 Å². The van der Waals surface area contributed by atoms with Gasteiger partial charge in [0.25, 0.3) is 0 Å². The van der Waals surface area contributed by atoms with Gasteiger partial charge in [0, 0.05) is 24.2 Å². The lowest BCUT2D eigenvalue weighted by Gasteiger charge is -2.57. The Morgan fingerprint density at radius 1 is 0.878 bits per heavy atom. The second kappa shape index (κ2) is 12.7. The van der Waals surface area contributed by atoms with E-state index in [4.69, 9.17) is 18.9 Å². The summed E-state index contributed by atoms with van der Waals surface area (Å²) in [6.07, 6.45) is 7.32. The number of rotatable bonds is 11. The minimum absolute atomic E-state index is 0.00428. The molecule has 6 atom stereocenters. The van der Waals surface area contributed by atoms with E-state index in [2.05, 4.69) is 6.92 Å². The van der Waals surface area contributed by atoms with Crippen LogP contribution in [0.15, 0.2) is 11.6 Å². The minimum atomic E-state index is -1.66. The van der Waals surface area contributed by atoms with Gasteiger partial charge in [-0.1, -0.05) is 52.5 Å². The Balaban J connectivity index is 1.60. The van der Waals surface area contributed by atoms with Crippen LogP contribution < -0.4 is 0 Å². The zero-order valence-electron chi connectivity index (χ0n) is 25.1. The molecule has 0 aliphatic heterocycles. The molecule has 4 rings (SSSR count). The summed E-state index contributed by atoms with van der Waals surface area (Å²) in [4.78, 5) is 65.3. The summed E-state index contributed by atoms with van der Waals surface area (Å²) in [5, 5.41) is 0. The molecule has 41 heavy (non-hydrogen) atoms. The molecule has 9 heteroatoms. The molecule has 4 aliphatic carbocycles. The van der Waals surface area contributed by atoms with Crippen molar-refractivity contribution < 1.29 is 42.9 Å². The van der Waals surface area contributed by atoms with Gasteiger partial charge in [-0.15, -0.1) is 0 Å². The van der Waals surface area contributed by atoms with Crippen molar-refractivity contribution in [3.63, 3.8) is 0 Å². The fraction of sp³-hybridized carbons (Fsp3) is 0.781. The molecular weight excluding hydrogens is 528 g/mol. The molecule has 0 aromatic carbocycles. The third-order valence-electron chi connectivity index (χ3n) is 10.5. The standard InChI is InChI=1S/C32H46O9/c1-5-7-9-17-39-29(37)41-32(26(35)20-40-28(36)38-16-8-6-2)15-13-24-23-11-10-21-18-22(33)12-14-30(21,3)27(23)25(34)19-31(24,32)4/h18,23-24,27H,5-17,19-20H2,1-4H3/t23-,24-,27+,30-,31-,32-/m0/s1. The van der Waals surface area contributed by atoms with E-state index < -0.39 is 35.7 Å². The van der Waals surface area contributed by atoms with Crippen LogP contribution in [0.2, 0.25) is 0 Å². The van der Waals surface area contributed by atoms with Crippen molar-refractivity contribution in [2.75, 3.05) is 19.8 Å². The van der Waals surface area contributed by atoms with Gasteiger partial charge in [-0.3, -0.25) is 14.4 Å². The lowest BCUT2D eigenvalue weighted by molar-refractivity contribution is -0.175. The highest BCUT2D eigenvalue weighted by Crippen LogP contribution is 2.67. The third kappa shape index (κ3) is 5.82. The van der Waals surface area contributed by atoms with Crippen LogP contribution in [0.5, 0.6) is 0 Å². The van der Waals surface area contributed by atoms with Gasteiger partial charge in [0.15, 0.2) is 18.0 Å². The van der Waals surface area contributed by atoms with Crippen molar-refractivity contribution in [3.05, 3.63) is 11.6 Å². The normalized spacial score (nSPS) is 34.0. The van der Waals surface area contributed by atoms with Crippen LogP contribution in [0.1, 0.15) is 105 Å². The minimum Gasteiger partial charge on any atom is -0.434 e. The summed E-state index contributed by atoms with van der Waals surface area (Å²) in [6, 6.07) is 0. The molecule has 0 N–H and O–H groups in total. The zero-order valence-corrected chi connectivity index (χ0v) is 25.1. The van der Waals surface area contributed by atoms with Crippen molar-refractivity contribution in [2.24, 2.45) is 28.6 Å². The smallest absolute Gasteiger partial charge is 0.434 e. The number of allylic oxidation sites excluding steroid dienone is 1. The van der Waals surface area contributed by atoms with Gasteiger partial charge in [0.1, 0.15) is 5.78 Å². The average molecular weight is 575 g/mol. The van der Waals surface area contributed by atoms with E-state index in [1.807, 2.05) is 20.8 Å². The van der Waals surface area contributed by atoms with Crippen molar-refractivity contribution in [1.82, 2.24) is 0 Å². The quantitative estimate of drug-likeness (QED) is 0.207. The fourth-order valence-electron chi connectivity index (χ4n) is 8.32. The first-order valence-electron chi connectivity index (χ1n) is 15.5. The Morgan fingerprint density at radius 2 is 1.59 bits per heavy atom. The molecule has 0 saturated heterocycles. The van der Waals surface area contributed by atoms with Crippen molar-refractivity contribution in [1.29, 1.82) is 0 Å². The van der Waals surface area contributed by atoms with Crippen LogP contribution in [0.4, 0.5) is 9.59 Å². The Bertz CT molecular complexity index is 1080. The molecule has 0 aromatic rings. The summed E-state index contributed by atoms with van der Waals surface area (Å²) in [5.41, 5.74) is -1.96. The van der Waals surface area contributed by atoms with Gasteiger partial charge in [-0.05, 0) is 68.3 Å². The van der Waals surface area contributed by atoms with Crippen LogP contribution >= 0.6 is 0 Å². The van der Waals surface area contributed by atoms with Crippen LogP contribution in [0.3, 0.4) is 0 Å². The van der Waals surface area contributed by atoms with Gasteiger partial charge in [0.05, 0.1) is 13.2 Å². The van der Waals surface area contributed by atoms with Crippen LogP contribution in [0.25, 0.3) is 0 Å². The first-order chi connectivity index (χ1) is 19.5. The highest BCUT2D eigenvalue weighted by atomic mass is 16.7. The number of ether oxygens (including phenoxy) is 4. The van der Waals surface area contributed by atoms with Gasteiger partial charge < -0.3 is 18.9 Å². The molecular formula is C32H46O9. The molecule has 4 aliphatic rings. The van der Waals surface area contributed by atoms with E-state index in [0.29, 0.717) is 32.1 Å². The highest BCUT2D eigenvalue weighted by molar-refractivity contribution is 5.95. The Morgan fingerprint density at radius 3 is 2.32 bits per heavy atom. The monoisotopic (exact) mass is 574 g/mol. The lowest BCUT2D eigenvalue weighted by Crippen LogP contribution is -2.62. The third-order valence-corrected chi connectivity index (χ3v) is 10.5. The highest BCUT2D eigenvalue weighted by Gasteiger charge is 2.71. The summed E-state index contributed by atoms with van der Waals surface area (Å²) in [6.45, 7) is 7.73. The zero-order chi connectivity index (χ0) is 29.8. The summed E-state index contributed by atoms with van der Waals surface area (Å²) >= 11 is 0. The summed E-state index contributed by atoms with van der Waals surface area (Å²) in [5.74, 6) is -0.712. The van der Waals surface area contributed by atoms with Crippen molar-refractivity contribution in [2.45, 2.75) is 110 Å². The molecule has 3 saturated carbocycles. The molecule has 0 unspecified atom stereocenters. The predicted molar refractivity (Wildman–Crippen MR) is 149 cm³/mol. The Labute approximate surface area is 243 Å². The number of unbranched alkanes of at least 4 members (excludes halogenated alkanes) is 3. The maximum atomic E-state index is 14.1. The second-order valence-electron chi connectivity index (χ2n) is 12.8. The Kier molecular flexibility index (Phi) is 9.64. The molecule has 3 fully saturated rings. The van der Waals surface area contributed by atoms with E-state index in [1.54, 1.807) is 6.08 Å². The molecule has 0 aromatic heterocycles. The number of Topliss-reactive ketones (excluding diaryl/α,β-unsaturated/α-hetero) is 2. The first kappa shape index (κ1) is 31.2. The molecule has 228 valence electrons. The van der Waals surface area contributed by atoms with Crippen LogP contribution in [-0.4, -0.2) is 55.1 Å². The summed E-state index contributed by atoms with van der Waals surface area (Å²) in [7, 11) is 0. The maximum absolute atomic E-state index is 14.1. The topological polar surface area (TPSA) is 122 Å².